The second kappa shape index (κ2) is 5.07. The van der Waals surface area contributed by atoms with Crippen molar-refractivity contribution in [3.8, 4) is 11.3 Å². The largest absolute Gasteiger partial charge is 0.387 e. The molecular weight excluding hydrogens is 236 g/mol. The van der Waals surface area contributed by atoms with Crippen LogP contribution in [0.5, 0.6) is 0 Å². The zero-order chi connectivity index (χ0) is 12.3. The summed E-state index contributed by atoms with van der Waals surface area (Å²) in [5, 5.41) is 14.2. The van der Waals surface area contributed by atoms with E-state index >= 15 is 0 Å². The summed E-state index contributed by atoms with van der Waals surface area (Å²) in [6.45, 7) is 1.46. The second-order valence-electron chi connectivity index (χ2n) is 3.54. The molecule has 0 fully saturated rings. The summed E-state index contributed by atoms with van der Waals surface area (Å²) in [6, 6.07) is 7.36. The van der Waals surface area contributed by atoms with Gasteiger partial charge in [0.25, 0.3) is 0 Å². The van der Waals surface area contributed by atoms with Crippen molar-refractivity contribution in [2.75, 3.05) is 11.9 Å². The highest BCUT2D eigenvalue weighted by Crippen LogP contribution is 2.22. The van der Waals surface area contributed by atoms with Crippen LogP contribution in [0.1, 0.15) is 5.01 Å². The van der Waals surface area contributed by atoms with Crippen molar-refractivity contribution in [1.29, 1.82) is 0 Å². The Morgan fingerprint density at radius 2 is 2.12 bits per heavy atom. The van der Waals surface area contributed by atoms with Crippen LogP contribution >= 0.6 is 11.3 Å². The van der Waals surface area contributed by atoms with Crippen LogP contribution in [0.3, 0.4) is 0 Å². The quantitative estimate of drug-likeness (QED) is 0.873. The van der Waals surface area contributed by atoms with E-state index in [0.717, 1.165) is 16.3 Å². The first-order valence-corrected chi connectivity index (χ1v) is 6.00. The zero-order valence-electron chi connectivity index (χ0n) is 9.30. The first kappa shape index (κ1) is 11.8. The van der Waals surface area contributed by atoms with Gasteiger partial charge in [-0.15, -0.1) is 11.3 Å². The fraction of sp³-hybridized carbons (Fsp3) is 0.167. The highest BCUT2D eigenvalue weighted by molar-refractivity contribution is 7.09. The van der Waals surface area contributed by atoms with Crippen molar-refractivity contribution in [3.63, 3.8) is 0 Å². The molecule has 17 heavy (non-hydrogen) atoms. The maximum Gasteiger partial charge on any atom is 0.250 e. The monoisotopic (exact) mass is 248 g/mol. The minimum Gasteiger partial charge on any atom is -0.387 e. The van der Waals surface area contributed by atoms with Gasteiger partial charge in [0.1, 0.15) is 6.61 Å². The number of nitrogens with zero attached hydrogens (tertiary/aromatic N) is 1. The Morgan fingerprint density at radius 1 is 1.41 bits per heavy atom. The number of aryl methyl sites for hydroxylation is 1. The first-order chi connectivity index (χ1) is 8.19. The highest BCUT2D eigenvalue weighted by Gasteiger charge is 2.03. The van der Waals surface area contributed by atoms with Crippen molar-refractivity contribution in [3.05, 3.63) is 34.7 Å². The summed E-state index contributed by atoms with van der Waals surface area (Å²) in [4.78, 5) is 15.3. The predicted octanol–water partition coefficient (Wildman–Crippen LogP) is 2.05. The molecule has 0 saturated heterocycles. The van der Waals surface area contributed by atoms with Crippen LogP contribution in [0.25, 0.3) is 11.3 Å². The van der Waals surface area contributed by atoms with Crippen LogP contribution in [-0.4, -0.2) is 22.6 Å². The van der Waals surface area contributed by atoms with Gasteiger partial charge in [0.2, 0.25) is 5.91 Å². The summed E-state index contributed by atoms with van der Waals surface area (Å²) >= 11 is 1.60. The third-order valence-electron chi connectivity index (χ3n) is 2.23. The van der Waals surface area contributed by atoms with Crippen LogP contribution in [0, 0.1) is 6.92 Å². The third kappa shape index (κ3) is 2.89. The van der Waals surface area contributed by atoms with E-state index in [2.05, 4.69) is 10.3 Å². The number of aromatic nitrogens is 1. The molecule has 0 aliphatic heterocycles. The van der Waals surface area contributed by atoms with Gasteiger partial charge >= 0.3 is 0 Å². The topological polar surface area (TPSA) is 62.2 Å². The fourth-order valence-electron chi connectivity index (χ4n) is 1.42. The smallest absolute Gasteiger partial charge is 0.250 e. The second-order valence-corrected chi connectivity index (χ2v) is 4.60. The molecule has 1 aromatic heterocycles. The van der Waals surface area contributed by atoms with E-state index < -0.39 is 12.5 Å². The Labute approximate surface area is 103 Å². The predicted molar refractivity (Wildman–Crippen MR) is 68.0 cm³/mol. The number of anilines is 1. The van der Waals surface area contributed by atoms with Crippen LogP contribution in [0.2, 0.25) is 0 Å². The first-order valence-electron chi connectivity index (χ1n) is 5.12. The summed E-state index contributed by atoms with van der Waals surface area (Å²) in [7, 11) is 0. The standard InChI is InChI=1S/C12H12N2O2S/c1-8-13-11(7-17-8)9-2-4-10(5-3-9)14-12(16)6-15/h2-5,7,15H,6H2,1H3,(H,14,16). The van der Waals surface area contributed by atoms with Gasteiger partial charge in [-0.05, 0) is 19.1 Å². The number of carbonyl (C=O) groups excluding carboxylic acids is 1. The van der Waals surface area contributed by atoms with Crippen molar-refractivity contribution < 1.29 is 9.90 Å². The molecule has 2 N–H and O–H groups in total. The van der Waals surface area contributed by atoms with Crippen LogP contribution in [-0.2, 0) is 4.79 Å². The molecule has 0 aliphatic carbocycles. The number of rotatable bonds is 3. The molecular formula is C12H12N2O2S. The molecule has 88 valence electrons. The molecule has 0 saturated carbocycles. The lowest BCUT2D eigenvalue weighted by molar-refractivity contribution is -0.118. The normalized spacial score (nSPS) is 10.2. The van der Waals surface area contributed by atoms with Crippen molar-refractivity contribution >= 4 is 22.9 Å². The number of aliphatic hydroxyl groups is 1. The number of amides is 1. The fourth-order valence-corrected chi connectivity index (χ4v) is 2.04. The zero-order valence-corrected chi connectivity index (χ0v) is 10.1. The molecule has 1 amide bonds. The highest BCUT2D eigenvalue weighted by atomic mass is 32.1. The molecule has 0 aliphatic rings. The minimum atomic E-state index is -0.507. The van der Waals surface area contributed by atoms with Gasteiger partial charge in [-0.2, -0.15) is 0 Å². The average molecular weight is 248 g/mol. The number of thiazole rings is 1. The molecule has 1 heterocycles. The van der Waals surface area contributed by atoms with Crippen molar-refractivity contribution in [2.24, 2.45) is 0 Å². The van der Waals surface area contributed by atoms with Gasteiger partial charge in [0.15, 0.2) is 0 Å². The van der Waals surface area contributed by atoms with E-state index in [4.69, 9.17) is 5.11 Å². The van der Waals surface area contributed by atoms with E-state index in [1.807, 2.05) is 24.4 Å². The van der Waals surface area contributed by atoms with Crippen LogP contribution in [0.15, 0.2) is 29.6 Å². The van der Waals surface area contributed by atoms with E-state index in [1.165, 1.54) is 0 Å². The summed E-state index contributed by atoms with van der Waals surface area (Å²) in [5.41, 5.74) is 2.61. The van der Waals surface area contributed by atoms with Gasteiger partial charge in [-0.3, -0.25) is 4.79 Å². The lowest BCUT2D eigenvalue weighted by Gasteiger charge is -2.03. The maximum atomic E-state index is 11.0. The Bertz CT molecular complexity index is 520. The number of hydrogen-bond donors (Lipinski definition) is 2. The Kier molecular flexibility index (Phi) is 3.51. The molecule has 0 atom stereocenters. The average Bonchev–Trinajstić information content (AvgIpc) is 2.77. The SMILES string of the molecule is Cc1nc(-c2ccc(NC(=O)CO)cc2)cs1. The molecule has 2 aromatic rings. The summed E-state index contributed by atoms with van der Waals surface area (Å²) < 4.78 is 0. The molecule has 0 radical (unpaired) electrons. The van der Waals surface area contributed by atoms with Gasteiger partial charge in [0, 0.05) is 16.6 Å². The third-order valence-corrected chi connectivity index (χ3v) is 3.00. The Hall–Kier alpha value is -1.72. The van der Waals surface area contributed by atoms with Gasteiger partial charge in [-0.1, -0.05) is 12.1 Å². The minimum absolute atomic E-state index is 0.415. The maximum absolute atomic E-state index is 11.0. The number of aliphatic hydroxyl groups excluding tert-OH is 1. The number of benzene rings is 1. The Morgan fingerprint density at radius 3 is 2.65 bits per heavy atom. The summed E-state index contributed by atoms with van der Waals surface area (Å²) in [6.07, 6.45) is 0. The lowest BCUT2D eigenvalue weighted by atomic mass is 10.1. The molecule has 5 heteroatoms. The lowest BCUT2D eigenvalue weighted by Crippen LogP contribution is -2.15. The molecule has 0 unspecified atom stereocenters. The summed E-state index contributed by atoms with van der Waals surface area (Å²) in [5.74, 6) is -0.415. The van der Waals surface area contributed by atoms with Gasteiger partial charge in [-0.25, -0.2) is 4.98 Å². The van der Waals surface area contributed by atoms with Crippen LogP contribution < -0.4 is 5.32 Å². The van der Waals surface area contributed by atoms with Crippen molar-refractivity contribution in [2.45, 2.75) is 6.92 Å². The van der Waals surface area contributed by atoms with E-state index in [-0.39, 0.29) is 0 Å². The molecule has 1 aromatic carbocycles. The number of carbonyl (C=O) groups is 1. The number of nitrogens with one attached hydrogen (secondary N) is 1. The Balaban J connectivity index is 2.15. The van der Waals surface area contributed by atoms with E-state index in [9.17, 15) is 4.79 Å². The number of hydrogen-bond acceptors (Lipinski definition) is 4. The van der Waals surface area contributed by atoms with Crippen molar-refractivity contribution in [1.82, 2.24) is 4.98 Å². The molecule has 0 spiro atoms. The van der Waals surface area contributed by atoms with E-state index in [1.54, 1.807) is 23.5 Å². The molecule has 4 nitrogen and oxygen atoms in total. The van der Waals surface area contributed by atoms with Gasteiger partial charge < -0.3 is 10.4 Å². The van der Waals surface area contributed by atoms with E-state index in [0.29, 0.717) is 5.69 Å². The molecule has 0 bridgehead atoms. The van der Waals surface area contributed by atoms with Crippen LogP contribution in [0.4, 0.5) is 5.69 Å². The van der Waals surface area contributed by atoms with Gasteiger partial charge in [0.05, 0.1) is 10.7 Å². The molecule has 2 rings (SSSR count).